The number of piperidine rings is 1. The monoisotopic (exact) mass is 356 g/mol. The van der Waals surface area contributed by atoms with E-state index in [0.717, 1.165) is 19.4 Å². The highest BCUT2D eigenvalue weighted by atomic mass is 32.2. The summed E-state index contributed by atoms with van der Waals surface area (Å²) in [5.74, 6) is 0.283. The molecule has 2 fully saturated rings. The molecule has 1 N–H and O–H groups in total. The lowest BCUT2D eigenvalue weighted by Gasteiger charge is -2.41. The number of hydrogen-bond donors (Lipinski definition) is 1. The molecule has 1 aromatic heterocycles. The molecule has 1 aliphatic carbocycles. The van der Waals surface area contributed by atoms with Crippen molar-refractivity contribution in [2.75, 3.05) is 32.6 Å². The number of aryl methyl sites for hydroxylation is 1. The van der Waals surface area contributed by atoms with Crippen LogP contribution in [0.2, 0.25) is 0 Å². The average Bonchev–Trinajstić information content (AvgIpc) is 3.33. The summed E-state index contributed by atoms with van der Waals surface area (Å²) in [6, 6.07) is 2.96. The Bertz CT molecular complexity index is 642. The van der Waals surface area contributed by atoms with Gasteiger partial charge in [-0.1, -0.05) is 0 Å². The number of aromatic nitrogens is 2. The van der Waals surface area contributed by atoms with Crippen LogP contribution in [0, 0.1) is 5.92 Å². The van der Waals surface area contributed by atoms with E-state index >= 15 is 0 Å². The fourth-order valence-electron chi connectivity index (χ4n) is 3.72. The molecule has 1 saturated carbocycles. The van der Waals surface area contributed by atoms with E-state index in [-0.39, 0.29) is 24.3 Å². The third kappa shape index (κ3) is 4.17. The van der Waals surface area contributed by atoms with Crippen LogP contribution in [0.4, 0.5) is 0 Å². The van der Waals surface area contributed by atoms with Gasteiger partial charge in [-0.05, 0) is 44.2 Å². The van der Waals surface area contributed by atoms with Crippen LogP contribution in [0.25, 0.3) is 0 Å². The summed E-state index contributed by atoms with van der Waals surface area (Å²) in [4.78, 5) is 2.56. The Labute approximate surface area is 144 Å². The molecule has 0 amide bonds. The predicted molar refractivity (Wildman–Crippen MR) is 92.1 cm³/mol. The Balaban J connectivity index is 1.73. The van der Waals surface area contributed by atoms with Crippen molar-refractivity contribution in [3.05, 3.63) is 18.0 Å². The van der Waals surface area contributed by atoms with Crippen LogP contribution in [0.15, 0.2) is 12.3 Å². The number of rotatable bonds is 8. The summed E-state index contributed by atoms with van der Waals surface area (Å²) in [7, 11) is 0.200. The normalized spacial score (nSPS) is 25.9. The van der Waals surface area contributed by atoms with Crippen LogP contribution in [0.3, 0.4) is 0 Å². The molecule has 0 radical (unpaired) electrons. The Kier molecular flexibility index (Phi) is 5.59. The first-order valence-electron chi connectivity index (χ1n) is 8.72. The maximum atomic E-state index is 12.1. The molecule has 7 nitrogen and oxygen atoms in total. The molecule has 1 aromatic rings. The molecular formula is C16H28N4O3S. The molecule has 0 spiro atoms. The molecule has 2 heterocycles. The number of ether oxygens (including phenoxy) is 1. The van der Waals surface area contributed by atoms with Crippen LogP contribution < -0.4 is 4.72 Å². The minimum absolute atomic E-state index is 0.0128. The van der Waals surface area contributed by atoms with Gasteiger partial charge in [0.1, 0.15) is 0 Å². The molecule has 0 unspecified atom stereocenters. The van der Waals surface area contributed by atoms with Gasteiger partial charge in [-0.3, -0.25) is 9.58 Å². The van der Waals surface area contributed by atoms with E-state index < -0.39 is 10.0 Å². The largest absolute Gasteiger partial charge is 0.384 e. The zero-order valence-corrected chi connectivity index (χ0v) is 15.3. The number of nitrogens with one attached hydrogen (secondary N) is 1. The lowest BCUT2D eigenvalue weighted by atomic mass is 9.87. The number of methoxy groups -OCH3 is 1. The number of likely N-dealkylation sites (tertiary alicyclic amines) is 1. The third-order valence-electron chi connectivity index (χ3n) is 5.09. The summed E-state index contributed by atoms with van der Waals surface area (Å²) in [6.07, 6.45) is 6.48. The second-order valence-electron chi connectivity index (χ2n) is 6.86. The van der Waals surface area contributed by atoms with Crippen molar-refractivity contribution in [3.63, 3.8) is 0 Å². The van der Waals surface area contributed by atoms with Crippen molar-refractivity contribution < 1.29 is 13.2 Å². The molecule has 1 saturated heterocycles. The van der Waals surface area contributed by atoms with Gasteiger partial charge in [-0.25, -0.2) is 13.1 Å². The van der Waals surface area contributed by atoms with E-state index in [2.05, 4.69) is 20.8 Å². The summed E-state index contributed by atoms with van der Waals surface area (Å²) in [5.41, 5.74) is 1.18. The van der Waals surface area contributed by atoms with Gasteiger partial charge in [0.25, 0.3) is 0 Å². The molecule has 0 aromatic carbocycles. The minimum atomic E-state index is -3.28. The van der Waals surface area contributed by atoms with Crippen molar-refractivity contribution >= 4 is 10.0 Å². The molecule has 0 bridgehead atoms. The standard InChI is InChI=1S/C16H28N4O3S/c1-19-15(7-8-17-19)16-13(4-3-9-20(16)14-5-6-14)12-18-24(21,22)11-10-23-2/h7-8,13-14,16,18H,3-6,9-12H2,1-2H3/t13-,16+/m0/s1. The van der Waals surface area contributed by atoms with Crippen LogP contribution in [0.1, 0.15) is 37.4 Å². The van der Waals surface area contributed by atoms with E-state index in [1.54, 1.807) is 0 Å². The maximum Gasteiger partial charge on any atom is 0.213 e. The summed E-state index contributed by atoms with van der Waals surface area (Å²) < 4.78 is 33.8. The van der Waals surface area contributed by atoms with Crippen LogP contribution >= 0.6 is 0 Å². The highest BCUT2D eigenvalue weighted by Crippen LogP contribution is 2.42. The topological polar surface area (TPSA) is 76.5 Å². The van der Waals surface area contributed by atoms with Gasteiger partial charge in [-0.2, -0.15) is 5.10 Å². The van der Waals surface area contributed by atoms with Gasteiger partial charge in [0, 0.05) is 32.9 Å². The third-order valence-corrected chi connectivity index (χ3v) is 6.41. The first-order valence-corrected chi connectivity index (χ1v) is 10.4. The fraction of sp³-hybridized carbons (Fsp3) is 0.812. The molecule has 8 heteroatoms. The van der Waals surface area contributed by atoms with Crippen molar-refractivity contribution in [3.8, 4) is 0 Å². The van der Waals surface area contributed by atoms with E-state index in [1.807, 2.05) is 17.9 Å². The van der Waals surface area contributed by atoms with Crippen molar-refractivity contribution in [1.82, 2.24) is 19.4 Å². The highest BCUT2D eigenvalue weighted by Gasteiger charge is 2.41. The van der Waals surface area contributed by atoms with Crippen LogP contribution in [-0.4, -0.2) is 61.7 Å². The van der Waals surface area contributed by atoms with E-state index in [4.69, 9.17) is 4.74 Å². The second kappa shape index (κ2) is 7.51. The number of sulfonamides is 1. The Morgan fingerprint density at radius 1 is 1.38 bits per heavy atom. The first kappa shape index (κ1) is 17.8. The smallest absolute Gasteiger partial charge is 0.213 e. The molecule has 136 valence electrons. The van der Waals surface area contributed by atoms with Crippen LogP contribution in [-0.2, 0) is 21.8 Å². The van der Waals surface area contributed by atoms with E-state index in [1.165, 1.54) is 25.6 Å². The van der Waals surface area contributed by atoms with Crippen molar-refractivity contribution in [1.29, 1.82) is 0 Å². The predicted octanol–water partition coefficient (Wildman–Crippen LogP) is 0.901. The second-order valence-corrected chi connectivity index (χ2v) is 8.78. The minimum Gasteiger partial charge on any atom is -0.384 e. The first-order chi connectivity index (χ1) is 11.5. The van der Waals surface area contributed by atoms with Crippen molar-refractivity contribution in [2.24, 2.45) is 13.0 Å². The SMILES string of the molecule is COCCS(=O)(=O)NC[C@@H]1CCCN(C2CC2)[C@H]1c1ccnn1C. The van der Waals surface area contributed by atoms with E-state index in [0.29, 0.717) is 12.6 Å². The van der Waals surface area contributed by atoms with Gasteiger partial charge < -0.3 is 4.74 Å². The van der Waals surface area contributed by atoms with Gasteiger partial charge >= 0.3 is 0 Å². The summed E-state index contributed by atoms with van der Waals surface area (Å²) in [5, 5.41) is 4.32. The number of hydrogen-bond acceptors (Lipinski definition) is 5. The van der Waals surface area contributed by atoms with Gasteiger partial charge in [0.15, 0.2) is 0 Å². The molecule has 2 atom stereocenters. The fourth-order valence-corrected chi connectivity index (χ4v) is 4.72. The van der Waals surface area contributed by atoms with E-state index in [9.17, 15) is 8.42 Å². The van der Waals surface area contributed by atoms with Crippen molar-refractivity contribution in [2.45, 2.75) is 37.8 Å². The summed E-state index contributed by atoms with van der Waals surface area (Å²) >= 11 is 0. The highest BCUT2D eigenvalue weighted by molar-refractivity contribution is 7.89. The zero-order chi connectivity index (χ0) is 17.2. The number of nitrogens with zero attached hydrogens (tertiary/aromatic N) is 3. The quantitative estimate of drug-likeness (QED) is 0.749. The van der Waals surface area contributed by atoms with Gasteiger partial charge in [-0.15, -0.1) is 0 Å². The Morgan fingerprint density at radius 3 is 2.79 bits per heavy atom. The lowest BCUT2D eigenvalue weighted by Crippen LogP contribution is -2.45. The Morgan fingerprint density at radius 2 is 2.17 bits per heavy atom. The lowest BCUT2D eigenvalue weighted by molar-refractivity contribution is 0.0804. The van der Waals surface area contributed by atoms with Gasteiger partial charge in [0.05, 0.1) is 24.1 Å². The van der Waals surface area contributed by atoms with Crippen LogP contribution in [0.5, 0.6) is 0 Å². The average molecular weight is 356 g/mol. The zero-order valence-electron chi connectivity index (χ0n) is 14.5. The Hall–Kier alpha value is -0.960. The molecule has 2 aliphatic rings. The molecule has 1 aliphatic heterocycles. The maximum absolute atomic E-state index is 12.1. The molecule has 24 heavy (non-hydrogen) atoms. The molecule has 3 rings (SSSR count). The molecular weight excluding hydrogens is 328 g/mol. The summed E-state index contributed by atoms with van der Waals surface area (Å²) in [6.45, 7) is 1.79. The van der Waals surface area contributed by atoms with Gasteiger partial charge in [0.2, 0.25) is 10.0 Å².